The molecule has 1 amide bonds. The highest BCUT2D eigenvalue weighted by atomic mass is 32.1. The lowest BCUT2D eigenvalue weighted by atomic mass is 10.1. The summed E-state index contributed by atoms with van der Waals surface area (Å²) in [5.41, 5.74) is 1.88. The lowest BCUT2D eigenvalue weighted by Gasteiger charge is -2.32. The average Bonchev–Trinajstić information content (AvgIpc) is 3.22. The van der Waals surface area contributed by atoms with Crippen molar-refractivity contribution in [3.63, 3.8) is 0 Å². The number of fused-ring (bicyclic) bond motifs is 1. The number of rotatable bonds is 3. The quantitative estimate of drug-likeness (QED) is 0.724. The monoisotopic (exact) mass is 356 g/mol. The van der Waals surface area contributed by atoms with Gasteiger partial charge in [0.25, 0.3) is 5.91 Å². The summed E-state index contributed by atoms with van der Waals surface area (Å²) in [6, 6.07) is 8.22. The standard InChI is InChI=1S/C18H20N4O2S/c1-12-17(25-20-19-12)18(23)22-10-6-13(7-11-22)24-16-5-3-4-15-14(16)8-9-21(15)2/h3-5,8-9,13H,6-7,10-11H2,1-2H3. The Morgan fingerprint density at radius 1 is 1.28 bits per heavy atom. The van der Waals surface area contributed by atoms with Gasteiger partial charge in [0.05, 0.1) is 11.2 Å². The number of carbonyl (C=O) groups excluding carboxylic acids is 1. The van der Waals surface area contributed by atoms with Gasteiger partial charge in [-0.3, -0.25) is 4.79 Å². The maximum absolute atomic E-state index is 12.5. The van der Waals surface area contributed by atoms with Crippen molar-refractivity contribution < 1.29 is 9.53 Å². The largest absolute Gasteiger partial charge is 0.490 e. The fourth-order valence-corrected chi connectivity index (χ4v) is 3.93. The van der Waals surface area contributed by atoms with Crippen molar-refractivity contribution in [3.8, 4) is 5.75 Å². The third-order valence-electron chi connectivity index (χ3n) is 4.76. The zero-order valence-corrected chi connectivity index (χ0v) is 15.1. The van der Waals surface area contributed by atoms with Crippen molar-refractivity contribution in [2.75, 3.05) is 13.1 Å². The highest BCUT2D eigenvalue weighted by Crippen LogP contribution is 2.29. The number of aryl methyl sites for hydroxylation is 2. The summed E-state index contributed by atoms with van der Waals surface area (Å²) >= 11 is 1.17. The number of ether oxygens (including phenoxy) is 1. The van der Waals surface area contributed by atoms with E-state index in [1.807, 2.05) is 37.2 Å². The van der Waals surface area contributed by atoms with Gasteiger partial charge in [-0.1, -0.05) is 10.6 Å². The van der Waals surface area contributed by atoms with E-state index < -0.39 is 0 Å². The zero-order chi connectivity index (χ0) is 17.4. The van der Waals surface area contributed by atoms with E-state index in [-0.39, 0.29) is 12.0 Å². The Bertz CT molecular complexity index is 909. The van der Waals surface area contributed by atoms with Crippen molar-refractivity contribution >= 4 is 28.3 Å². The maximum Gasteiger partial charge on any atom is 0.267 e. The van der Waals surface area contributed by atoms with Crippen LogP contribution in [-0.2, 0) is 7.05 Å². The molecule has 1 fully saturated rings. The Hall–Kier alpha value is -2.41. The van der Waals surface area contributed by atoms with Crippen LogP contribution in [0, 0.1) is 6.92 Å². The molecule has 1 saturated heterocycles. The number of amides is 1. The fraction of sp³-hybridized carbons (Fsp3) is 0.389. The number of likely N-dealkylation sites (tertiary alicyclic amines) is 1. The molecule has 0 radical (unpaired) electrons. The predicted molar refractivity (Wildman–Crippen MR) is 97.1 cm³/mol. The minimum absolute atomic E-state index is 0.0381. The Labute approximate surface area is 150 Å². The van der Waals surface area contributed by atoms with Crippen LogP contribution in [0.4, 0.5) is 0 Å². The van der Waals surface area contributed by atoms with E-state index >= 15 is 0 Å². The van der Waals surface area contributed by atoms with Gasteiger partial charge < -0.3 is 14.2 Å². The molecule has 0 atom stereocenters. The van der Waals surface area contributed by atoms with Gasteiger partial charge in [-0.2, -0.15) is 0 Å². The van der Waals surface area contributed by atoms with Gasteiger partial charge in [0.1, 0.15) is 16.7 Å². The molecule has 1 aliphatic rings. The SMILES string of the molecule is Cc1nnsc1C(=O)N1CCC(Oc2cccc3c2ccn3C)CC1. The number of hydrogen-bond acceptors (Lipinski definition) is 5. The smallest absolute Gasteiger partial charge is 0.267 e. The molecule has 1 aromatic carbocycles. The van der Waals surface area contributed by atoms with E-state index in [0.29, 0.717) is 23.7 Å². The molecule has 1 aliphatic heterocycles. The first-order chi connectivity index (χ1) is 12.1. The molecular weight excluding hydrogens is 336 g/mol. The molecule has 6 nitrogen and oxygen atoms in total. The Kier molecular flexibility index (Phi) is 4.17. The van der Waals surface area contributed by atoms with Gasteiger partial charge in [-0.05, 0) is 36.7 Å². The molecule has 0 saturated carbocycles. The van der Waals surface area contributed by atoms with Crippen molar-refractivity contribution in [1.82, 2.24) is 19.1 Å². The van der Waals surface area contributed by atoms with Crippen LogP contribution in [-0.4, -0.2) is 44.2 Å². The molecule has 7 heteroatoms. The molecule has 0 bridgehead atoms. The third-order valence-corrected chi connectivity index (χ3v) is 5.57. The van der Waals surface area contributed by atoms with Gasteiger partial charge in [-0.25, -0.2) is 0 Å². The van der Waals surface area contributed by atoms with E-state index in [4.69, 9.17) is 4.74 Å². The van der Waals surface area contributed by atoms with Crippen LogP contribution >= 0.6 is 11.5 Å². The molecule has 3 heterocycles. The summed E-state index contributed by atoms with van der Waals surface area (Å²) in [5.74, 6) is 0.960. The highest BCUT2D eigenvalue weighted by molar-refractivity contribution is 7.07. The number of nitrogens with zero attached hydrogens (tertiary/aromatic N) is 4. The highest BCUT2D eigenvalue weighted by Gasteiger charge is 2.27. The van der Waals surface area contributed by atoms with E-state index in [2.05, 4.69) is 26.3 Å². The lowest BCUT2D eigenvalue weighted by Crippen LogP contribution is -2.41. The second-order valence-electron chi connectivity index (χ2n) is 6.41. The average molecular weight is 356 g/mol. The van der Waals surface area contributed by atoms with Crippen LogP contribution in [0.3, 0.4) is 0 Å². The van der Waals surface area contributed by atoms with Gasteiger partial charge >= 0.3 is 0 Å². The second kappa shape index (κ2) is 6.48. The normalized spacial score (nSPS) is 15.7. The number of aromatic nitrogens is 3. The van der Waals surface area contributed by atoms with Crippen LogP contribution in [0.5, 0.6) is 5.75 Å². The van der Waals surface area contributed by atoms with Gasteiger partial charge in [0.2, 0.25) is 0 Å². The van der Waals surface area contributed by atoms with Crippen LogP contribution in [0.25, 0.3) is 10.9 Å². The first-order valence-electron chi connectivity index (χ1n) is 8.42. The summed E-state index contributed by atoms with van der Waals surface area (Å²) in [7, 11) is 2.03. The number of piperidine rings is 1. The summed E-state index contributed by atoms with van der Waals surface area (Å²) in [6.45, 7) is 3.23. The number of carbonyl (C=O) groups is 1. The van der Waals surface area contributed by atoms with Crippen molar-refractivity contribution in [2.24, 2.45) is 7.05 Å². The molecule has 3 aromatic rings. The molecule has 130 valence electrons. The van der Waals surface area contributed by atoms with Crippen LogP contribution < -0.4 is 4.74 Å². The molecule has 25 heavy (non-hydrogen) atoms. The number of benzene rings is 1. The van der Waals surface area contributed by atoms with E-state index in [1.54, 1.807) is 0 Å². The van der Waals surface area contributed by atoms with Crippen molar-refractivity contribution in [3.05, 3.63) is 41.0 Å². The first-order valence-corrected chi connectivity index (χ1v) is 9.20. The van der Waals surface area contributed by atoms with E-state index in [0.717, 1.165) is 24.0 Å². The van der Waals surface area contributed by atoms with Crippen molar-refractivity contribution in [2.45, 2.75) is 25.9 Å². The second-order valence-corrected chi connectivity index (χ2v) is 7.17. The van der Waals surface area contributed by atoms with E-state index in [9.17, 15) is 4.79 Å². The van der Waals surface area contributed by atoms with Crippen molar-refractivity contribution in [1.29, 1.82) is 0 Å². The molecular formula is C18H20N4O2S. The summed E-state index contributed by atoms with van der Waals surface area (Å²) in [4.78, 5) is 15.1. The van der Waals surface area contributed by atoms with Gasteiger partial charge in [0, 0.05) is 44.6 Å². The van der Waals surface area contributed by atoms with E-state index in [1.165, 1.54) is 17.0 Å². The minimum atomic E-state index is 0.0381. The first kappa shape index (κ1) is 16.1. The Balaban J connectivity index is 1.42. The topological polar surface area (TPSA) is 60.3 Å². The Morgan fingerprint density at radius 3 is 2.80 bits per heavy atom. The summed E-state index contributed by atoms with van der Waals surface area (Å²) in [6.07, 6.45) is 3.85. The number of hydrogen-bond donors (Lipinski definition) is 0. The molecule has 0 spiro atoms. The minimum Gasteiger partial charge on any atom is -0.490 e. The third kappa shape index (κ3) is 3.00. The van der Waals surface area contributed by atoms with Crippen LogP contribution in [0.2, 0.25) is 0 Å². The molecule has 0 aliphatic carbocycles. The lowest BCUT2D eigenvalue weighted by molar-refractivity contribution is 0.0601. The fourth-order valence-electron chi connectivity index (χ4n) is 3.30. The molecule has 2 aromatic heterocycles. The van der Waals surface area contributed by atoms with Crippen LogP contribution in [0.1, 0.15) is 28.2 Å². The van der Waals surface area contributed by atoms with Gasteiger partial charge in [0.15, 0.2) is 0 Å². The Morgan fingerprint density at radius 2 is 2.08 bits per heavy atom. The molecule has 0 N–H and O–H groups in total. The van der Waals surface area contributed by atoms with Crippen LogP contribution in [0.15, 0.2) is 30.5 Å². The van der Waals surface area contributed by atoms with Gasteiger partial charge in [-0.15, -0.1) is 5.10 Å². The summed E-state index contributed by atoms with van der Waals surface area (Å²) in [5, 5.41) is 5.06. The maximum atomic E-state index is 12.5. The zero-order valence-electron chi connectivity index (χ0n) is 14.3. The molecule has 0 unspecified atom stereocenters. The summed E-state index contributed by atoms with van der Waals surface area (Å²) < 4.78 is 12.2. The predicted octanol–water partition coefficient (Wildman–Crippen LogP) is 3.02. The molecule has 4 rings (SSSR count).